The molecule has 2 aromatic carbocycles. The van der Waals surface area contributed by atoms with E-state index in [2.05, 4.69) is 25.6 Å². The van der Waals surface area contributed by atoms with Crippen molar-refractivity contribution in [2.45, 2.75) is 31.6 Å². The molecule has 0 saturated heterocycles. The van der Waals surface area contributed by atoms with Crippen LogP contribution in [-0.4, -0.2) is 48.0 Å². The zero-order chi connectivity index (χ0) is 27.5. The second-order valence-electron chi connectivity index (χ2n) is 9.45. The molecule has 2 aromatic heterocycles. The summed E-state index contributed by atoms with van der Waals surface area (Å²) in [5, 5.41) is 6.79. The molecular formula is C29H30N6O4. The molecule has 0 bridgehead atoms. The standard InChI is InChI=1S/C29H30N6O4/c1-31-27(37)19-10-18(16-6-4-5-7-16)11-20(12-19)34-25-21-9-8-17(13-24(21)32-15-23(25)26(30)36)22-14-33-29(39-3)35-28(22)38-2/h8-16H,4-7H2,1-3H3,(H2,30,36)(H,31,37)(H,32,34). The fourth-order valence-corrected chi connectivity index (χ4v) is 5.12. The number of carbonyl (C=O) groups excluding carboxylic acids is 2. The average molecular weight is 527 g/mol. The molecule has 0 unspecified atom stereocenters. The molecule has 0 atom stereocenters. The number of carbonyl (C=O) groups is 2. The van der Waals surface area contributed by atoms with E-state index >= 15 is 0 Å². The van der Waals surface area contributed by atoms with Gasteiger partial charge in [0.25, 0.3) is 11.8 Å². The van der Waals surface area contributed by atoms with Gasteiger partial charge in [-0.3, -0.25) is 14.6 Å². The number of hydrogen-bond acceptors (Lipinski definition) is 8. The van der Waals surface area contributed by atoms with Gasteiger partial charge in [0.15, 0.2) is 0 Å². The topological polar surface area (TPSA) is 141 Å². The molecule has 10 heteroatoms. The van der Waals surface area contributed by atoms with Crippen molar-refractivity contribution >= 4 is 34.1 Å². The Kier molecular flexibility index (Phi) is 7.27. The van der Waals surface area contributed by atoms with Crippen LogP contribution in [0.1, 0.15) is 57.9 Å². The lowest BCUT2D eigenvalue weighted by molar-refractivity contribution is 0.0961. The molecule has 0 spiro atoms. The van der Waals surface area contributed by atoms with Crippen LogP contribution in [0.2, 0.25) is 0 Å². The molecule has 5 rings (SSSR count). The van der Waals surface area contributed by atoms with Crippen molar-refractivity contribution in [2.24, 2.45) is 5.73 Å². The Balaban J connectivity index is 1.61. The summed E-state index contributed by atoms with van der Waals surface area (Å²) in [5.74, 6) is -0.0319. The van der Waals surface area contributed by atoms with Crippen LogP contribution in [0.4, 0.5) is 11.4 Å². The second-order valence-corrected chi connectivity index (χ2v) is 9.45. The molecule has 0 aliphatic heterocycles. The van der Waals surface area contributed by atoms with Crippen molar-refractivity contribution in [1.29, 1.82) is 0 Å². The third-order valence-electron chi connectivity index (χ3n) is 7.09. The monoisotopic (exact) mass is 526 g/mol. The van der Waals surface area contributed by atoms with E-state index in [-0.39, 0.29) is 17.5 Å². The second kappa shape index (κ2) is 10.9. The Bertz CT molecular complexity index is 1570. The number of aromatic nitrogens is 3. The Hall–Kier alpha value is -4.73. The third-order valence-corrected chi connectivity index (χ3v) is 7.09. The number of fused-ring (bicyclic) bond motifs is 1. The molecule has 4 N–H and O–H groups in total. The first kappa shape index (κ1) is 25.9. The quantitative estimate of drug-likeness (QED) is 0.303. The van der Waals surface area contributed by atoms with Gasteiger partial charge in [0.1, 0.15) is 0 Å². The summed E-state index contributed by atoms with van der Waals surface area (Å²) in [6.07, 6.45) is 7.59. The zero-order valence-corrected chi connectivity index (χ0v) is 22.1. The maximum atomic E-state index is 12.6. The number of methoxy groups -OCH3 is 2. The van der Waals surface area contributed by atoms with Gasteiger partial charge in [-0.1, -0.05) is 25.0 Å². The van der Waals surface area contributed by atoms with Crippen molar-refractivity contribution in [1.82, 2.24) is 20.3 Å². The Labute approximate surface area is 226 Å². The lowest BCUT2D eigenvalue weighted by Crippen LogP contribution is -2.18. The van der Waals surface area contributed by atoms with E-state index in [1.54, 1.807) is 19.3 Å². The van der Waals surface area contributed by atoms with Crippen molar-refractivity contribution < 1.29 is 19.1 Å². The molecule has 1 aliphatic carbocycles. The summed E-state index contributed by atoms with van der Waals surface area (Å²) in [6.45, 7) is 0. The molecule has 0 radical (unpaired) electrons. The number of benzene rings is 2. The number of amides is 2. The van der Waals surface area contributed by atoms with Crippen LogP contribution in [0.5, 0.6) is 11.9 Å². The first-order valence-electron chi connectivity index (χ1n) is 12.7. The third kappa shape index (κ3) is 5.18. The lowest BCUT2D eigenvalue weighted by atomic mass is 9.94. The molecular weight excluding hydrogens is 496 g/mol. The number of primary amides is 1. The summed E-state index contributed by atoms with van der Waals surface area (Å²) in [7, 11) is 4.62. The maximum absolute atomic E-state index is 12.6. The fraction of sp³-hybridized carbons (Fsp3) is 0.276. The molecule has 2 amide bonds. The molecule has 2 heterocycles. The highest BCUT2D eigenvalue weighted by Gasteiger charge is 2.21. The largest absolute Gasteiger partial charge is 0.480 e. The van der Waals surface area contributed by atoms with E-state index in [1.165, 1.54) is 33.3 Å². The van der Waals surface area contributed by atoms with Crippen LogP contribution in [0.25, 0.3) is 22.0 Å². The maximum Gasteiger partial charge on any atom is 0.319 e. The number of nitrogens with zero attached hydrogens (tertiary/aromatic N) is 3. The van der Waals surface area contributed by atoms with Gasteiger partial charge in [0.2, 0.25) is 5.88 Å². The van der Waals surface area contributed by atoms with E-state index in [0.717, 1.165) is 24.0 Å². The minimum absolute atomic E-state index is 0.173. The van der Waals surface area contributed by atoms with E-state index in [4.69, 9.17) is 15.2 Å². The molecule has 1 fully saturated rings. The molecule has 10 nitrogen and oxygen atoms in total. The zero-order valence-electron chi connectivity index (χ0n) is 22.1. The Morgan fingerprint density at radius 2 is 1.79 bits per heavy atom. The first-order valence-corrected chi connectivity index (χ1v) is 12.7. The smallest absolute Gasteiger partial charge is 0.319 e. The molecule has 1 aliphatic rings. The molecule has 39 heavy (non-hydrogen) atoms. The normalized spacial score (nSPS) is 13.3. The van der Waals surface area contributed by atoms with Crippen LogP contribution >= 0.6 is 0 Å². The average Bonchev–Trinajstić information content (AvgIpc) is 3.51. The molecule has 1 saturated carbocycles. The van der Waals surface area contributed by atoms with Crippen molar-refractivity contribution in [3.8, 4) is 23.0 Å². The first-order chi connectivity index (χ1) is 18.9. The number of ether oxygens (including phenoxy) is 2. The molecule has 4 aromatic rings. The van der Waals surface area contributed by atoms with Gasteiger partial charge in [-0.05, 0) is 54.2 Å². The predicted molar refractivity (Wildman–Crippen MR) is 149 cm³/mol. The van der Waals surface area contributed by atoms with Gasteiger partial charge in [0, 0.05) is 36.1 Å². The van der Waals surface area contributed by atoms with E-state index in [1.807, 2.05) is 30.3 Å². The van der Waals surface area contributed by atoms with Gasteiger partial charge in [0.05, 0.1) is 36.6 Å². The van der Waals surface area contributed by atoms with Gasteiger partial charge in [-0.2, -0.15) is 4.98 Å². The number of rotatable bonds is 8. The number of pyridine rings is 1. The predicted octanol–water partition coefficient (Wildman–Crippen LogP) is 4.57. The number of nitrogens with one attached hydrogen (secondary N) is 2. The summed E-state index contributed by atoms with van der Waals surface area (Å²) in [4.78, 5) is 38.0. The minimum atomic E-state index is -0.611. The highest BCUT2D eigenvalue weighted by molar-refractivity contribution is 6.08. The molecule has 200 valence electrons. The Morgan fingerprint density at radius 3 is 2.49 bits per heavy atom. The summed E-state index contributed by atoms with van der Waals surface area (Å²) in [6, 6.07) is 11.6. The minimum Gasteiger partial charge on any atom is -0.480 e. The van der Waals surface area contributed by atoms with E-state index in [0.29, 0.717) is 45.2 Å². The highest BCUT2D eigenvalue weighted by Crippen LogP contribution is 2.38. The van der Waals surface area contributed by atoms with Crippen LogP contribution in [-0.2, 0) is 0 Å². The number of hydrogen-bond donors (Lipinski definition) is 3. The van der Waals surface area contributed by atoms with Crippen LogP contribution in [0.15, 0.2) is 48.8 Å². The van der Waals surface area contributed by atoms with Crippen LogP contribution in [0, 0.1) is 0 Å². The van der Waals surface area contributed by atoms with E-state index < -0.39 is 5.91 Å². The van der Waals surface area contributed by atoms with Crippen molar-refractivity contribution in [3.05, 3.63) is 65.5 Å². The van der Waals surface area contributed by atoms with Crippen molar-refractivity contribution in [3.63, 3.8) is 0 Å². The SMILES string of the molecule is CNC(=O)c1cc(Nc2c(C(N)=O)cnc3cc(-c4cnc(OC)nc4OC)ccc23)cc(C2CCCC2)c1. The van der Waals surface area contributed by atoms with Gasteiger partial charge in [-0.15, -0.1) is 0 Å². The Morgan fingerprint density at radius 1 is 1.00 bits per heavy atom. The van der Waals surface area contributed by atoms with Crippen LogP contribution < -0.4 is 25.8 Å². The van der Waals surface area contributed by atoms with Crippen molar-refractivity contribution in [2.75, 3.05) is 26.6 Å². The number of nitrogens with two attached hydrogens (primary N) is 1. The van der Waals surface area contributed by atoms with Gasteiger partial charge in [-0.25, -0.2) is 4.98 Å². The fourth-order valence-electron chi connectivity index (χ4n) is 5.12. The van der Waals surface area contributed by atoms with Gasteiger partial charge < -0.3 is 25.8 Å². The summed E-state index contributed by atoms with van der Waals surface area (Å²) in [5.41, 5.74) is 10.9. The highest BCUT2D eigenvalue weighted by atomic mass is 16.5. The van der Waals surface area contributed by atoms with Gasteiger partial charge >= 0.3 is 6.01 Å². The van der Waals surface area contributed by atoms with Crippen LogP contribution in [0.3, 0.4) is 0 Å². The lowest BCUT2D eigenvalue weighted by Gasteiger charge is -2.18. The summed E-state index contributed by atoms with van der Waals surface area (Å²) < 4.78 is 10.5. The summed E-state index contributed by atoms with van der Waals surface area (Å²) >= 11 is 0. The number of anilines is 2. The van der Waals surface area contributed by atoms with E-state index in [9.17, 15) is 9.59 Å².